The highest BCUT2D eigenvalue weighted by Gasteiger charge is 2.53. The number of amides is 1. The molecule has 3 nitrogen and oxygen atoms in total. The summed E-state index contributed by atoms with van der Waals surface area (Å²) in [7, 11) is 0. The van der Waals surface area contributed by atoms with Gasteiger partial charge in [0.2, 0.25) is 0 Å². The van der Waals surface area contributed by atoms with Gasteiger partial charge in [0, 0.05) is 28.3 Å². The lowest BCUT2D eigenvalue weighted by atomic mass is 9.64. The number of aliphatic hydroxyl groups excluding tert-OH is 1. The van der Waals surface area contributed by atoms with Crippen LogP contribution in [0.3, 0.4) is 0 Å². The van der Waals surface area contributed by atoms with Gasteiger partial charge in [0.05, 0.1) is 6.10 Å². The molecule has 0 aromatic heterocycles. The van der Waals surface area contributed by atoms with E-state index in [9.17, 15) is 9.90 Å². The first kappa shape index (κ1) is 11.5. The maximum atomic E-state index is 12.4. The van der Waals surface area contributed by atoms with Crippen LogP contribution in [0.5, 0.6) is 0 Å². The van der Waals surface area contributed by atoms with Crippen LogP contribution in [-0.2, 0) is 0 Å². The number of fused-ring (bicyclic) bond motifs is 1. The Labute approximate surface area is 107 Å². The van der Waals surface area contributed by atoms with Gasteiger partial charge in [-0.3, -0.25) is 4.79 Å². The van der Waals surface area contributed by atoms with Crippen LogP contribution >= 0.6 is 0 Å². The first-order valence-corrected chi connectivity index (χ1v) is 6.24. The van der Waals surface area contributed by atoms with Gasteiger partial charge in [-0.25, -0.2) is 0 Å². The van der Waals surface area contributed by atoms with Crippen LogP contribution in [0.2, 0.25) is 0 Å². The average Bonchev–Trinajstić information content (AvgIpc) is 2.60. The summed E-state index contributed by atoms with van der Waals surface area (Å²) in [5.41, 5.74) is 2.14. The number of hydrogen-bond donors (Lipinski definition) is 1. The summed E-state index contributed by atoms with van der Waals surface area (Å²) in [6.07, 6.45) is 0.290. The van der Waals surface area contributed by atoms with E-state index in [1.54, 1.807) is 4.90 Å². The number of carbonyl (C=O) groups is 1. The molecule has 18 heavy (non-hydrogen) atoms. The van der Waals surface area contributed by atoms with Crippen molar-refractivity contribution >= 4 is 11.6 Å². The Bertz CT molecular complexity index is 512. The summed E-state index contributed by atoms with van der Waals surface area (Å²) < 4.78 is 0. The molecule has 0 radical (unpaired) electrons. The molecule has 1 N–H and O–H groups in total. The van der Waals surface area contributed by atoms with Crippen molar-refractivity contribution in [1.29, 1.82) is 0 Å². The van der Waals surface area contributed by atoms with Crippen molar-refractivity contribution in [1.82, 2.24) is 4.90 Å². The van der Waals surface area contributed by atoms with Gasteiger partial charge in [0.1, 0.15) is 0 Å². The monoisotopic (exact) mass is 243 g/mol. The highest BCUT2D eigenvalue weighted by molar-refractivity contribution is 6.09. The van der Waals surface area contributed by atoms with E-state index in [1.807, 2.05) is 38.1 Å². The average molecular weight is 243 g/mol. The van der Waals surface area contributed by atoms with Gasteiger partial charge in [-0.2, -0.15) is 0 Å². The van der Waals surface area contributed by atoms with E-state index in [-0.39, 0.29) is 23.5 Å². The van der Waals surface area contributed by atoms with Crippen LogP contribution in [0.1, 0.15) is 36.2 Å². The fourth-order valence-corrected chi connectivity index (χ4v) is 2.95. The molecule has 1 aromatic rings. The van der Waals surface area contributed by atoms with Gasteiger partial charge in [0.15, 0.2) is 0 Å². The van der Waals surface area contributed by atoms with Crippen molar-refractivity contribution < 1.29 is 9.90 Å². The maximum Gasteiger partial charge on any atom is 0.259 e. The van der Waals surface area contributed by atoms with Gasteiger partial charge in [0.25, 0.3) is 5.91 Å². The van der Waals surface area contributed by atoms with Crippen LogP contribution in [-0.4, -0.2) is 28.1 Å². The van der Waals surface area contributed by atoms with E-state index in [2.05, 4.69) is 6.58 Å². The standard InChI is InChI=1S/C15H17NO2/c1-9-10-6-4-5-7-11(10)14(18)16(9)12-8-13(17)15(12,2)3/h4-7,12-13,17H,1,8H2,2-3H3. The largest absolute Gasteiger partial charge is 0.392 e. The minimum atomic E-state index is -0.341. The van der Waals surface area contributed by atoms with E-state index in [0.717, 1.165) is 16.8 Å². The molecule has 1 amide bonds. The van der Waals surface area contributed by atoms with E-state index >= 15 is 0 Å². The maximum absolute atomic E-state index is 12.4. The predicted octanol–water partition coefficient (Wildman–Crippen LogP) is 2.27. The van der Waals surface area contributed by atoms with Crippen molar-refractivity contribution in [3.05, 3.63) is 42.0 Å². The molecule has 1 aliphatic heterocycles. The van der Waals surface area contributed by atoms with Crippen molar-refractivity contribution in [2.45, 2.75) is 32.4 Å². The molecule has 0 bridgehead atoms. The first-order chi connectivity index (χ1) is 8.44. The third-order valence-electron chi connectivity index (χ3n) is 4.45. The van der Waals surface area contributed by atoms with Crippen molar-refractivity contribution in [3.63, 3.8) is 0 Å². The number of nitrogens with zero attached hydrogens (tertiary/aromatic N) is 1. The Morgan fingerprint density at radius 1 is 1.33 bits per heavy atom. The molecule has 2 aliphatic rings. The quantitative estimate of drug-likeness (QED) is 0.822. The molecule has 1 heterocycles. The Kier molecular flexibility index (Phi) is 2.20. The fraction of sp³-hybridized carbons (Fsp3) is 0.400. The minimum absolute atomic E-state index is 0.0144. The number of aliphatic hydroxyl groups is 1. The molecule has 0 spiro atoms. The van der Waals surface area contributed by atoms with E-state index in [1.165, 1.54) is 0 Å². The fourth-order valence-electron chi connectivity index (χ4n) is 2.95. The van der Waals surface area contributed by atoms with Gasteiger partial charge < -0.3 is 10.0 Å². The number of carbonyl (C=O) groups excluding carboxylic acids is 1. The zero-order valence-corrected chi connectivity index (χ0v) is 10.7. The van der Waals surface area contributed by atoms with E-state index in [0.29, 0.717) is 6.42 Å². The van der Waals surface area contributed by atoms with Crippen LogP contribution in [0, 0.1) is 5.41 Å². The molecule has 3 rings (SSSR count). The Balaban J connectivity index is 1.99. The molecule has 2 atom stereocenters. The molecule has 94 valence electrons. The highest BCUT2D eigenvalue weighted by Crippen LogP contribution is 2.48. The van der Waals surface area contributed by atoms with Crippen LogP contribution in [0.25, 0.3) is 5.70 Å². The number of benzene rings is 1. The van der Waals surface area contributed by atoms with Gasteiger partial charge in [-0.15, -0.1) is 0 Å². The predicted molar refractivity (Wildman–Crippen MR) is 69.8 cm³/mol. The van der Waals surface area contributed by atoms with Crippen molar-refractivity contribution in [2.24, 2.45) is 5.41 Å². The summed E-state index contributed by atoms with van der Waals surface area (Å²) in [5.74, 6) is 0.0144. The molecule has 1 saturated carbocycles. The van der Waals surface area contributed by atoms with Gasteiger partial charge in [-0.1, -0.05) is 38.6 Å². The molecule has 1 aromatic carbocycles. The zero-order valence-electron chi connectivity index (χ0n) is 10.7. The molecular formula is C15H17NO2. The summed E-state index contributed by atoms with van der Waals surface area (Å²) in [6, 6.07) is 7.60. The first-order valence-electron chi connectivity index (χ1n) is 6.24. The summed E-state index contributed by atoms with van der Waals surface area (Å²) in [4.78, 5) is 14.2. The number of hydrogen-bond acceptors (Lipinski definition) is 2. The molecule has 2 unspecified atom stereocenters. The number of rotatable bonds is 1. The minimum Gasteiger partial charge on any atom is -0.392 e. The Morgan fingerprint density at radius 3 is 2.44 bits per heavy atom. The van der Waals surface area contributed by atoms with E-state index in [4.69, 9.17) is 0 Å². The molecule has 3 heteroatoms. The third kappa shape index (κ3) is 1.25. The lowest BCUT2D eigenvalue weighted by Crippen LogP contribution is -2.60. The second-order valence-electron chi connectivity index (χ2n) is 5.76. The Morgan fingerprint density at radius 2 is 1.94 bits per heavy atom. The zero-order chi connectivity index (χ0) is 13.1. The summed E-state index contributed by atoms with van der Waals surface area (Å²) >= 11 is 0. The summed E-state index contributed by atoms with van der Waals surface area (Å²) in [5, 5.41) is 9.83. The lowest BCUT2D eigenvalue weighted by Gasteiger charge is -2.53. The van der Waals surface area contributed by atoms with Crippen molar-refractivity contribution in [2.75, 3.05) is 0 Å². The molecular weight excluding hydrogens is 226 g/mol. The van der Waals surface area contributed by atoms with Gasteiger partial charge in [-0.05, 0) is 12.5 Å². The van der Waals surface area contributed by atoms with Crippen molar-refractivity contribution in [3.8, 4) is 0 Å². The van der Waals surface area contributed by atoms with Gasteiger partial charge >= 0.3 is 0 Å². The third-order valence-corrected chi connectivity index (χ3v) is 4.45. The summed E-state index contributed by atoms with van der Waals surface area (Å²) in [6.45, 7) is 8.04. The molecule has 0 saturated heterocycles. The highest BCUT2D eigenvalue weighted by atomic mass is 16.3. The normalized spacial score (nSPS) is 29.2. The molecule has 1 fully saturated rings. The SMILES string of the molecule is C=C1c2ccccc2C(=O)N1C1CC(O)C1(C)C. The van der Waals surface area contributed by atoms with Crippen LogP contribution < -0.4 is 0 Å². The van der Waals surface area contributed by atoms with E-state index < -0.39 is 0 Å². The molecule has 1 aliphatic carbocycles. The van der Waals surface area contributed by atoms with Crippen LogP contribution in [0.15, 0.2) is 30.8 Å². The Hall–Kier alpha value is -1.61. The topological polar surface area (TPSA) is 40.5 Å². The second kappa shape index (κ2) is 3.45. The van der Waals surface area contributed by atoms with Crippen LogP contribution in [0.4, 0.5) is 0 Å². The second-order valence-corrected chi connectivity index (χ2v) is 5.76. The smallest absolute Gasteiger partial charge is 0.259 e. The lowest BCUT2D eigenvalue weighted by molar-refractivity contribution is -0.0952.